The van der Waals surface area contributed by atoms with E-state index in [0.29, 0.717) is 28.4 Å². The molecular formula is C26H20O7. The van der Waals surface area contributed by atoms with Crippen LogP contribution in [0.4, 0.5) is 0 Å². The third-order valence-electron chi connectivity index (χ3n) is 5.79. The lowest BCUT2D eigenvalue weighted by Crippen LogP contribution is -2.22. The van der Waals surface area contributed by atoms with E-state index < -0.39 is 17.3 Å². The zero-order chi connectivity index (χ0) is 23.1. The highest BCUT2D eigenvalue weighted by Crippen LogP contribution is 2.47. The number of carbonyl (C=O) groups excluding carboxylic acids is 1. The van der Waals surface area contributed by atoms with Gasteiger partial charge in [-0.2, -0.15) is 0 Å². The number of fused-ring (bicyclic) bond motifs is 3. The molecular weight excluding hydrogens is 424 g/mol. The van der Waals surface area contributed by atoms with Crippen LogP contribution in [-0.2, 0) is 4.79 Å². The van der Waals surface area contributed by atoms with Crippen LogP contribution < -0.4 is 19.6 Å². The molecule has 0 radical (unpaired) electrons. The summed E-state index contributed by atoms with van der Waals surface area (Å²) in [5, 5.41) is 10.6. The maximum Gasteiger partial charge on any atom is 0.312 e. The lowest BCUT2D eigenvalue weighted by atomic mass is 9.85. The predicted molar refractivity (Wildman–Crippen MR) is 121 cm³/mol. The van der Waals surface area contributed by atoms with Gasteiger partial charge in [0.05, 0.1) is 20.6 Å². The molecule has 0 aliphatic carbocycles. The quantitative estimate of drug-likeness (QED) is 0.362. The Morgan fingerprint density at radius 3 is 2.42 bits per heavy atom. The molecule has 7 heteroatoms. The first-order valence-corrected chi connectivity index (χ1v) is 10.3. The molecule has 7 nitrogen and oxygen atoms in total. The summed E-state index contributed by atoms with van der Waals surface area (Å²) in [6.45, 7) is 0. The van der Waals surface area contributed by atoms with Gasteiger partial charge in [0.25, 0.3) is 0 Å². The van der Waals surface area contributed by atoms with Gasteiger partial charge < -0.3 is 23.7 Å². The monoisotopic (exact) mass is 444 g/mol. The van der Waals surface area contributed by atoms with E-state index in [0.717, 1.165) is 5.56 Å². The van der Waals surface area contributed by atoms with Crippen LogP contribution in [0.2, 0.25) is 0 Å². The second-order valence-corrected chi connectivity index (χ2v) is 7.70. The molecule has 0 amide bonds. The van der Waals surface area contributed by atoms with E-state index in [1.807, 2.05) is 36.4 Å². The van der Waals surface area contributed by atoms with E-state index in [-0.39, 0.29) is 28.9 Å². The van der Waals surface area contributed by atoms with Crippen molar-refractivity contribution in [1.82, 2.24) is 0 Å². The molecule has 1 aliphatic rings. The Hall–Kier alpha value is -4.26. The average Bonchev–Trinajstić information content (AvgIpc) is 2.83. The van der Waals surface area contributed by atoms with Gasteiger partial charge in [0.15, 0.2) is 16.9 Å². The molecule has 0 saturated heterocycles. The van der Waals surface area contributed by atoms with Crippen molar-refractivity contribution in [2.75, 3.05) is 14.2 Å². The third kappa shape index (κ3) is 3.47. The molecule has 1 aromatic heterocycles. The number of ether oxygens (including phenoxy) is 3. The number of esters is 1. The van der Waals surface area contributed by atoms with E-state index in [2.05, 4.69) is 0 Å². The van der Waals surface area contributed by atoms with Crippen molar-refractivity contribution in [2.45, 2.75) is 12.3 Å². The summed E-state index contributed by atoms with van der Waals surface area (Å²) in [7, 11) is 3.07. The van der Waals surface area contributed by atoms with E-state index >= 15 is 0 Å². The summed E-state index contributed by atoms with van der Waals surface area (Å²) in [5.41, 5.74) is 1.78. The van der Waals surface area contributed by atoms with Gasteiger partial charge in [0, 0.05) is 29.2 Å². The van der Waals surface area contributed by atoms with E-state index in [9.17, 15) is 14.7 Å². The van der Waals surface area contributed by atoms with Gasteiger partial charge in [-0.1, -0.05) is 36.4 Å². The number of carbonyl (C=O) groups is 1. The Bertz CT molecular complexity index is 1440. The number of rotatable bonds is 4. The van der Waals surface area contributed by atoms with Crippen molar-refractivity contribution in [3.05, 3.63) is 82.0 Å². The highest BCUT2D eigenvalue weighted by atomic mass is 16.5. The lowest BCUT2D eigenvalue weighted by molar-refractivity contribution is -0.135. The van der Waals surface area contributed by atoms with Gasteiger partial charge in [0.2, 0.25) is 0 Å². The van der Waals surface area contributed by atoms with Crippen LogP contribution >= 0.6 is 0 Å². The van der Waals surface area contributed by atoms with Crippen molar-refractivity contribution in [3.63, 3.8) is 0 Å². The molecule has 0 spiro atoms. The SMILES string of the molecule is COc1ccc([C@@H]2CC(=O)Oc3cc(O)c4c(=O)cc(-c5ccccc5)oc4c32)cc1OC. The average molecular weight is 444 g/mol. The Labute approximate surface area is 188 Å². The largest absolute Gasteiger partial charge is 0.507 e. The molecule has 4 aromatic rings. The highest BCUT2D eigenvalue weighted by molar-refractivity contribution is 5.93. The van der Waals surface area contributed by atoms with E-state index in [1.165, 1.54) is 19.2 Å². The van der Waals surface area contributed by atoms with Crippen LogP contribution in [-0.4, -0.2) is 25.3 Å². The number of aromatic hydroxyl groups is 1. The van der Waals surface area contributed by atoms with Crippen molar-refractivity contribution in [1.29, 1.82) is 0 Å². The minimum absolute atomic E-state index is 0.0294. The maximum atomic E-state index is 13.0. The normalized spacial score (nSPS) is 15.1. The number of phenols is 1. The minimum Gasteiger partial charge on any atom is -0.507 e. The van der Waals surface area contributed by atoms with Crippen LogP contribution in [0.25, 0.3) is 22.3 Å². The van der Waals surface area contributed by atoms with Gasteiger partial charge in [-0.25, -0.2) is 0 Å². The molecule has 1 atom stereocenters. The van der Waals surface area contributed by atoms with Crippen molar-refractivity contribution in [3.8, 4) is 34.3 Å². The number of hydrogen-bond acceptors (Lipinski definition) is 7. The molecule has 166 valence electrons. The molecule has 1 aliphatic heterocycles. The summed E-state index contributed by atoms with van der Waals surface area (Å²) >= 11 is 0. The fourth-order valence-corrected chi connectivity index (χ4v) is 4.26. The molecule has 3 aromatic carbocycles. The van der Waals surface area contributed by atoms with Crippen LogP contribution in [0.3, 0.4) is 0 Å². The Balaban J connectivity index is 1.80. The summed E-state index contributed by atoms with van der Waals surface area (Å²) < 4.78 is 22.4. The molecule has 2 heterocycles. The van der Waals surface area contributed by atoms with Gasteiger partial charge in [-0.3, -0.25) is 9.59 Å². The second-order valence-electron chi connectivity index (χ2n) is 7.70. The molecule has 0 unspecified atom stereocenters. The first-order chi connectivity index (χ1) is 16.0. The minimum atomic E-state index is -0.488. The standard InChI is InChI=1S/C26H20O7/c1-30-19-9-8-15(10-21(19)31-2)16-11-23(29)32-22-13-18(28)25-17(27)12-20(33-26(25)24(16)22)14-6-4-3-5-7-14/h3-10,12-13,16,28H,11H2,1-2H3/t16-/m0/s1. The summed E-state index contributed by atoms with van der Waals surface area (Å²) in [6, 6.07) is 17.2. The number of phenolic OH excluding ortho intramolecular Hbond substituents is 1. The number of hydrogen-bond donors (Lipinski definition) is 1. The third-order valence-corrected chi connectivity index (χ3v) is 5.79. The first kappa shape index (κ1) is 20.6. The van der Waals surface area contributed by atoms with Crippen LogP contribution in [0.15, 0.2) is 69.9 Å². The molecule has 0 saturated carbocycles. The summed E-state index contributed by atoms with van der Waals surface area (Å²) in [6.07, 6.45) is 0.0294. The number of methoxy groups -OCH3 is 2. The lowest BCUT2D eigenvalue weighted by Gasteiger charge is -2.26. The van der Waals surface area contributed by atoms with Crippen LogP contribution in [0.1, 0.15) is 23.5 Å². The van der Waals surface area contributed by atoms with Gasteiger partial charge in [-0.15, -0.1) is 0 Å². The fourth-order valence-electron chi connectivity index (χ4n) is 4.26. The topological polar surface area (TPSA) is 95.2 Å². The summed E-state index contributed by atoms with van der Waals surface area (Å²) in [5.74, 6) is 0.311. The zero-order valence-corrected chi connectivity index (χ0v) is 18.0. The maximum absolute atomic E-state index is 13.0. The van der Waals surface area contributed by atoms with Crippen LogP contribution in [0, 0.1) is 0 Å². The Morgan fingerprint density at radius 2 is 1.70 bits per heavy atom. The fraction of sp³-hybridized carbons (Fsp3) is 0.154. The Morgan fingerprint density at radius 1 is 0.939 bits per heavy atom. The molecule has 0 fully saturated rings. The Kier molecular flexibility index (Phi) is 5.01. The van der Waals surface area contributed by atoms with Crippen LogP contribution in [0.5, 0.6) is 23.0 Å². The van der Waals surface area contributed by atoms with Gasteiger partial charge >= 0.3 is 5.97 Å². The highest BCUT2D eigenvalue weighted by Gasteiger charge is 2.34. The zero-order valence-electron chi connectivity index (χ0n) is 18.0. The van der Waals surface area contributed by atoms with Crippen molar-refractivity contribution < 1.29 is 28.5 Å². The van der Waals surface area contributed by atoms with Gasteiger partial charge in [-0.05, 0) is 17.7 Å². The second kappa shape index (κ2) is 8.02. The van der Waals surface area contributed by atoms with E-state index in [1.54, 1.807) is 19.2 Å². The predicted octanol–water partition coefficient (Wildman–Crippen LogP) is 4.62. The van der Waals surface area contributed by atoms with Gasteiger partial charge in [0.1, 0.15) is 28.2 Å². The smallest absolute Gasteiger partial charge is 0.312 e. The van der Waals surface area contributed by atoms with Crippen molar-refractivity contribution in [2.24, 2.45) is 0 Å². The number of benzene rings is 3. The summed E-state index contributed by atoms with van der Waals surface area (Å²) in [4.78, 5) is 25.4. The molecule has 0 bridgehead atoms. The molecule has 1 N–H and O–H groups in total. The molecule has 5 rings (SSSR count). The van der Waals surface area contributed by atoms with E-state index in [4.69, 9.17) is 18.6 Å². The first-order valence-electron chi connectivity index (χ1n) is 10.3. The van der Waals surface area contributed by atoms with Crippen molar-refractivity contribution >= 4 is 16.9 Å². The molecule has 33 heavy (non-hydrogen) atoms.